The number of aromatic nitrogens is 3. The Labute approximate surface area is 144 Å². The zero-order valence-corrected chi connectivity index (χ0v) is 14.0. The van der Waals surface area contributed by atoms with Gasteiger partial charge in [0.1, 0.15) is 11.3 Å². The second kappa shape index (κ2) is 6.00. The van der Waals surface area contributed by atoms with Crippen LogP contribution in [0, 0.1) is 5.82 Å². The molecule has 0 bridgehead atoms. The van der Waals surface area contributed by atoms with Gasteiger partial charge in [0.25, 0.3) is 0 Å². The fourth-order valence-corrected chi connectivity index (χ4v) is 3.57. The molecule has 2 aromatic heterocycles. The molecule has 2 N–H and O–H groups in total. The maximum atomic E-state index is 14.4. The van der Waals surface area contributed by atoms with E-state index in [9.17, 15) is 9.18 Å². The van der Waals surface area contributed by atoms with Crippen molar-refractivity contribution in [2.45, 2.75) is 18.9 Å². The van der Waals surface area contributed by atoms with E-state index in [0.717, 1.165) is 25.1 Å². The zero-order valence-electron chi connectivity index (χ0n) is 14.0. The van der Waals surface area contributed by atoms with Crippen molar-refractivity contribution in [3.8, 4) is 5.69 Å². The van der Waals surface area contributed by atoms with E-state index in [1.54, 1.807) is 31.4 Å². The summed E-state index contributed by atoms with van der Waals surface area (Å²) in [7, 11) is 1.65. The van der Waals surface area contributed by atoms with Gasteiger partial charge in [-0.3, -0.25) is 9.13 Å². The molecule has 130 valence electrons. The van der Waals surface area contributed by atoms with E-state index >= 15 is 0 Å². The number of fused-ring (bicyclic) bond motifs is 1. The van der Waals surface area contributed by atoms with Gasteiger partial charge in [-0.25, -0.2) is 14.2 Å². The average molecular weight is 341 g/mol. The zero-order chi connectivity index (χ0) is 17.6. The van der Waals surface area contributed by atoms with Crippen molar-refractivity contribution < 1.29 is 4.39 Å². The predicted octanol–water partition coefficient (Wildman–Crippen LogP) is 1.79. The molecule has 4 rings (SSSR count). The molecule has 0 saturated carbocycles. The summed E-state index contributed by atoms with van der Waals surface area (Å²) < 4.78 is 17.3. The van der Waals surface area contributed by atoms with Crippen LogP contribution in [0.25, 0.3) is 16.9 Å². The highest BCUT2D eigenvalue weighted by Crippen LogP contribution is 2.29. The van der Waals surface area contributed by atoms with E-state index in [0.29, 0.717) is 17.7 Å². The van der Waals surface area contributed by atoms with Crippen LogP contribution in [0.2, 0.25) is 0 Å². The van der Waals surface area contributed by atoms with Gasteiger partial charge in [-0.15, -0.1) is 0 Å². The molecule has 3 aromatic rings. The highest BCUT2D eigenvalue weighted by molar-refractivity contribution is 5.88. The molecule has 1 aromatic carbocycles. The summed E-state index contributed by atoms with van der Waals surface area (Å²) >= 11 is 0. The van der Waals surface area contributed by atoms with Crippen molar-refractivity contribution in [2.75, 3.05) is 18.0 Å². The van der Waals surface area contributed by atoms with Crippen molar-refractivity contribution >= 4 is 16.9 Å². The van der Waals surface area contributed by atoms with Crippen LogP contribution in [0.1, 0.15) is 12.8 Å². The summed E-state index contributed by atoms with van der Waals surface area (Å²) in [6, 6.07) is 8.25. The SMILES string of the molecule is Cn1c(=O)n(-c2ccccc2F)c2c(N3CCC[C@@H](N)C3)ccnc21. The van der Waals surface area contributed by atoms with Gasteiger partial charge >= 0.3 is 5.69 Å². The molecule has 3 heterocycles. The largest absolute Gasteiger partial charge is 0.368 e. The number of imidazole rings is 1. The van der Waals surface area contributed by atoms with E-state index < -0.39 is 5.82 Å². The topological polar surface area (TPSA) is 69.1 Å². The third kappa shape index (κ3) is 2.51. The summed E-state index contributed by atoms with van der Waals surface area (Å²) in [5.41, 5.74) is 8.05. The molecule has 0 aliphatic carbocycles. The number of hydrogen-bond donors (Lipinski definition) is 1. The standard InChI is InChI=1S/C18H20FN5O/c1-22-17-16(24(18(22)25)14-7-3-2-6-13(14)19)15(8-9-21-17)23-10-4-5-12(20)11-23/h2-3,6-9,12H,4-5,10-11,20H2,1H3/t12-/m1/s1. The lowest BCUT2D eigenvalue weighted by Gasteiger charge is -2.33. The number of nitrogens with zero attached hydrogens (tertiary/aromatic N) is 4. The van der Waals surface area contributed by atoms with Crippen LogP contribution in [0.3, 0.4) is 0 Å². The van der Waals surface area contributed by atoms with Crippen molar-refractivity contribution in [3.05, 3.63) is 52.8 Å². The van der Waals surface area contributed by atoms with Crippen LogP contribution in [-0.4, -0.2) is 33.2 Å². The number of nitrogens with two attached hydrogens (primary N) is 1. The number of anilines is 1. The molecule has 1 saturated heterocycles. The summed E-state index contributed by atoms with van der Waals surface area (Å²) in [5, 5.41) is 0. The minimum absolute atomic E-state index is 0.0920. The quantitative estimate of drug-likeness (QED) is 0.772. The average Bonchev–Trinajstić information content (AvgIpc) is 2.87. The van der Waals surface area contributed by atoms with E-state index in [4.69, 9.17) is 5.73 Å². The number of aryl methyl sites for hydroxylation is 1. The second-order valence-electron chi connectivity index (χ2n) is 6.48. The first-order valence-electron chi connectivity index (χ1n) is 8.40. The van der Waals surface area contributed by atoms with Crippen molar-refractivity contribution in [1.29, 1.82) is 0 Å². The van der Waals surface area contributed by atoms with Gasteiger partial charge in [-0.05, 0) is 31.0 Å². The maximum Gasteiger partial charge on any atom is 0.334 e. The van der Waals surface area contributed by atoms with E-state index in [1.165, 1.54) is 15.2 Å². The summed E-state index contributed by atoms with van der Waals surface area (Å²) in [6.45, 7) is 1.56. The van der Waals surface area contributed by atoms with Gasteiger partial charge in [0.2, 0.25) is 0 Å². The lowest BCUT2D eigenvalue weighted by molar-refractivity contribution is 0.506. The first-order chi connectivity index (χ1) is 12.1. The van der Waals surface area contributed by atoms with Gasteiger partial charge in [0, 0.05) is 32.4 Å². The highest BCUT2D eigenvalue weighted by atomic mass is 19.1. The molecular weight excluding hydrogens is 321 g/mol. The van der Waals surface area contributed by atoms with Gasteiger partial charge in [-0.1, -0.05) is 12.1 Å². The number of pyridine rings is 1. The first kappa shape index (κ1) is 15.8. The fourth-order valence-electron chi connectivity index (χ4n) is 3.57. The molecule has 1 fully saturated rings. The molecule has 25 heavy (non-hydrogen) atoms. The molecule has 6 nitrogen and oxygen atoms in total. The summed E-state index contributed by atoms with van der Waals surface area (Å²) in [4.78, 5) is 19.3. The maximum absolute atomic E-state index is 14.4. The molecule has 1 aliphatic rings. The van der Waals surface area contributed by atoms with Gasteiger partial charge in [-0.2, -0.15) is 0 Å². The molecule has 0 spiro atoms. The number of para-hydroxylation sites is 1. The Kier molecular flexibility index (Phi) is 3.80. The van der Waals surface area contributed by atoms with Crippen LogP contribution >= 0.6 is 0 Å². The van der Waals surface area contributed by atoms with Crippen molar-refractivity contribution in [3.63, 3.8) is 0 Å². The Morgan fingerprint density at radius 1 is 1.24 bits per heavy atom. The number of piperidine rings is 1. The molecule has 1 atom stereocenters. The molecule has 7 heteroatoms. The first-order valence-corrected chi connectivity index (χ1v) is 8.40. The third-order valence-electron chi connectivity index (χ3n) is 4.80. The number of benzene rings is 1. The Balaban J connectivity index is 2.02. The van der Waals surface area contributed by atoms with Crippen LogP contribution in [0.4, 0.5) is 10.1 Å². The summed E-state index contributed by atoms with van der Waals surface area (Å²) in [6.07, 6.45) is 3.66. The van der Waals surface area contributed by atoms with Crippen molar-refractivity contribution in [1.82, 2.24) is 14.1 Å². The predicted molar refractivity (Wildman–Crippen MR) is 95.7 cm³/mol. The minimum Gasteiger partial charge on any atom is -0.368 e. The van der Waals surface area contributed by atoms with E-state index in [2.05, 4.69) is 9.88 Å². The molecule has 0 amide bonds. The summed E-state index contributed by atoms with van der Waals surface area (Å²) in [5.74, 6) is -0.442. The molecule has 0 unspecified atom stereocenters. The van der Waals surface area contributed by atoms with Crippen molar-refractivity contribution in [2.24, 2.45) is 12.8 Å². The Bertz CT molecular complexity index is 993. The van der Waals surface area contributed by atoms with Crippen LogP contribution in [0.5, 0.6) is 0 Å². The smallest absolute Gasteiger partial charge is 0.334 e. The number of halogens is 1. The highest BCUT2D eigenvalue weighted by Gasteiger charge is 2.24. The minimum atomic E-state index is -0.442. The third-order valence-corrected chi connectivity index (χ3v) is 4.80. The number of hydrogen-bond acceptors (Lipinski definition) is 4. The van der Waals surface area contributed by atoms with E-state index in [-0.39, 0.29) is 17.4 Å². The van der Waals surface area contributed by atoms with Gasteiger partial charge in [0.15, 0.2) is 5.65 Å². The van der Waals surface area contributed by atoms with E-state index in [1.807, 2.05) is 6.07 Å². The van der Waals surface area contributed by atoms with Crippen LogP contribution < -0.4 is 16.3 Å². The van der Waals surface area contributed by atoms with Gasteiger partial charge < -0.3 is 10.6 Å². The normalized spacial score (nSPS) is 18.0. The molecule has 1 aliphatic heterocycles. The number of rotatable bonds is 2. The lowest BCUT2D eigenvalue weighted by atomic mass is 10.1. The van der Waals surface area contributed by atoms with Crippen LogP contribution in [-0.2, 0) is 7.05 Å². The molecule has 0 radical (unpaired) electrons. The fraction of sp³-hybridized carbons (Fsp3) is 0.333. The Morgan fingerprint density at radius 3 is 2.80 bits per heavy atom. The lowest BCUT2D eigenvalue weighted by Crippen LogP contribution is -2.43. The second-order valence-corrected chi connectivity index (χ2v) is 6.48. The monoisotopic (exact) mass is 341 g/mol. The Hall–Kier alpha value is -2.67. The molecular formula is C18H20FN5O. The Morgan fingerprint density at radius 2 is 2.04 bits per heavy atom. The van der Waals surface area contributed by atoms with Crippen LogP contribution in [0.15, 0.2) is 41.3 Å². The van der Waals surface area contributed by atoms with Gasteiger partial charge in [0.05, 0.1) is 11.4 Å².